The number of thioether (sulfide) groups is 1. The molecule has 38 heavy (non-hydrogen) atoms. The maximum atomic E-state index is 12.0. The average molecular weight is 545 g/mol. The number of nitrogens with one attached hydrogen (secondary N) is 2. The van der Waals surface area contributed by atoms with Gasteiger partial charge in [-0.1, -0.05) is 95.1 Å². The molecule has 0 saturated heterocycles. The van der Waals surface area contributed by atoms with E-state index in [0.717, 1.165) is 29.8 Å². The largest absolute Gasteiger partial charge is 0.481 e. The molecule has 0 bridgehead atoms. The number of carbonyl (C=O) groups is 2. The second kappa shape index (κ2) is 21.1. The van der Waals surface area contributed by atoms with Gasteiger partial charge in [-0.3, -0.25) is 9.59 Å². The van der Waals surface area contributed by atoms with Gasteiger partial charge in [0.1, 0.15) is 0 Å². The van der Waals surface area contributed by atoms with E-state index in [1.165, 1.54) is 83.5 Å². The van der Waals surface area contributed by atoms with E-state index in [0.29, 0.717) is 12.2 Å². The molecule has 0 aliphatic heterocycles. The summed E-state index contributed by atoms with van der Waals surface area (Å²) < 4.78 is 0. The monoisotopic (exact) mass is 544 g/mol. The van der Waals surface area contributed by atoms with Gasteiger partial charge in [0.25, 0.3) is 0 Å². The molecule has 0 radical (unpaired) electrons. The molecule has 2 fully saturated rings. The zero-order valence-corrected chi connectivity index (χ0v) is 24.5. The molecule has 1 atom stereocenters. The number of hydrogen-bond acceptors (Lipinski definition) is 4. The second-order valence-electron chi connectivity index (χ2n) is 10.8. The van der Waals surface area contributed by atoms with Crippen LogP contribution in [0.25, 0.3) is 0 Å². The minimum atomic E-state index is -0.898. The predicted molar refractivity (Wildman–Crippen MR) is 161 cm³/mol. The smallest absolute Gasteiger partial charge is 0.305 e. The van der Waals surface area contributed by atoms with Gasteiger partial charge in [0.05, 0.1) is 6.42 Å². The Balaban J connectivity index is 0.000000323. The summed E-state index contributed by atoms with van der Waals surface area (Å²) in [7, 11) is 0. The van der Waals surface area contributed by atoms with Crippen molar-refractivity contribution >= 4 is 23.6 Å². The zero-order chi connectivity index (χ0) is 27.3. The van der Waals surface area contributed by atoms with Crippen LogP contribution in [-0.2, 0) is 9.59 Å². The van der Waals surface area contributed by atoms with Crippen molar-refractivity contribution in [3.63, 3.8) is 0 Å². The van der Waals surface area contributed by atoms with E-state index in [1.807, 2.05) is 42.5 Å². The first-order chi connectivity index (χ1) is 18.6. The van der Waals surface area contributed by atoms with Crippen LogP contribution in [0, 0.1) is 0 Å². The molecular formula is C32H52N2O3S. The number of carboxylic acid groups (broad SMARTS) is 1. The minimum absolute atomic E-state index is 0.0632. The van der Waals surface area contributed by atoms with Gasteiger partial charge < -0.3 is 15.7 Å². The van der Waals surface area contributed by atoms with Gasteiger partial charge in [-0.25, -0.2) is 0 Å². The molecule has 3 rings (SSSR count). The molecule has 0 heterocycles. The van der Waals surface area contributed by atoms with Crippen LogP contribution in [-0.4, -0.2) is 40.9 Å². The molecule has 0 aromatic heterocycles. The van der Waals surface area contributed by atoms with Crippen LogP contribution in [0.2, 0.25) is 0 Å². The Hall–Kier alpha value is -1.79. The summed E-state index contributed by atoms with van der Waals surface area (Å²) in [6, 6.07) is 11.2. The lowest BCUT2D eigenvalue weighted by molar-refractivity contribution is -0.137. The Morgan fingerprint density at radius 2 is 1.55 bits per heavy atom. The molecule has 0 unspecified atom stereocenters. The third-order valence-corrected chi connectivity index (χ3v) is 8.53. The van der Waals surface area contributed by atoms with Gasteiger partial charge in [0, 0.05) is 35.2 Å². The van der Waals surface area contributed by atoms with E-state index in [9.17, 15) is 9.59 Å². The van der Waals surface area contributed by atoms with E-state index in [-0.39, 0.29) is 18.4 Å². The summed E-state index contributed by atoms with van der Waals surface area (Å²) in [5.41, 5.74) is 0. The summed E-state index contributed by atoms with van der Waals surface area (Å²) in [4.78, 5) is 24.1. The molecule has 2 aliphatic carbocycles. The number of hydrogen-bond donors (Lipinski definition) is 3. The maximum Gasteiger partial charge on any atom is 0.305 e. The summed E-state index contributed by atoms with van der Waals surface area (Å²) >= 11 is 1.56. The van der Waals surface area contributed by atoms with Crippen molar-refractivity contribution in [2.45, 2.75) is 139 Å². The van der Waals surface area contributed by atoms with Crippen LogP contribution in [0.1, 0.15) is 116 Å². The quantitative estimate of drug-likeness (QED) is 0.119. The van der Waals surface area contributed by atoms with E-state index in [4.69, 9.17) is 5.11 Å². The first-order valence-corrected chi connectivity index (χ1v) is 16.2. The van der Waals surface area contributed by atoms with E-state index in [2.05, 4.69) is 17.6 Å². The maximum absolute atomic E-state index is 12.0. The molecular weight excluding hydrogens is 492 g/mol. The van der Waals surface area contributed by atoms with Gasteiger partial charge in [0.2, 0.25) is 5.91 Å². The van der Waals surface area contributed by atoms with Gasteiger partial charge >= 0.3 is 5.97 Å². The molecule has 214 valence electrons. The Labute approximate surface area is 236 Å². The van der Waals surface area contributed by atoms with Crippen molar-refractivity contribution < 1.29 is 14.7 Å². The first kappa shape index (κ1) is 32.4. The van der Waals surface area contributed by atoms with Crippen molar-refractivity contribution in [2.75, 3.05) is 5.75 Å². The van der Waals surface area contributed by atoms with Crippen molar-refractivity contribution in [3.8, 4) is 0 Å². The lowest BCUT2D eigenvalue weighted by Gasteiger charge is -2.30. The van der Waals surface area contributed by atoms with E-state index >= 15 is 0 Å². The number of allylic oxidation sites excluding steroid dienone is 1. The lowest BCUT2D eigenvalue weighted by atomic mass is 9.91. The molecule has 6 heteroatoms. The van der Waals surface area contributed by atoms with Crippen LogP contribution >= 0.6 is 11.8 Å². The molecule has 2 saturated carbocycles. The van der Waals surface area contributed by atoms with Gasteiger partial charge in [0.15, 0.2) is 0 Å². The normalized spacial score (nSPS) is 17.5. The topological polar surface area (TPSA) is 78.4 Å². The van der Waals surface area contributed by atoms with Crippen molar-refractivity contribution in [3.05, 3.63) is 42.5 Å². The number of aliphatic carboxylic acids is 1. The molecule has 5 nitrogen and oxygen atoms in total. The van der Waals surface area contributed by atoms with Crippen molar-refractivity contribution in [1.82, 2.24) is 10.6 Å². The number of unbranched alkanes of at least 4 members (excludes halogenated alkanes) is 4. The SMILES string of the molecule is C1CCC(NC2CCCCC2)CC1.CCCCCC/C=C/CC(=O)N[C@H](CSc1ccccc1)CC(=O)O. The number of carbonyl (C=O) groups excluding carboxylic acids is 1. The Kier molecular flexibility index (Phi) is 18.0. The zero-order valence-electron chi connectivity index (χ0n) is 23.7. The van der Waals surface area contributed by atoms with Crippen molar-refractivity contribution in [2.24, 2.45) is 0 Å². The lowest BCUT2D eigenvalue weighted by Crippen LogP contribution is -2.40. The van der Waals surface area contributed by atoms with Crippen LogP contribution in [0.15, 0.2) is 47.4 Å². The van der Waals surface area contributed by atoms with Gasteiger partial charge in [-0.05, 0) is 50.7 Å². The number of carboxylic acids is 1. The van der Waals surface area contributed by atoms with E-state index < -0.39 is 5.97 Å². The average Bonchev–Trinajstić information content (AvgIpc) is 2.93. The Bertz CT molecular complexity index is 758. The number of amides is 1. The summed E-state index contributed by atoms with van der Waals surface area (Å²) in [5.74, 6) is -0.474. The van der Waals surface area contributed by atoms with Crippen LogP contribution in [0.5, 0.6) is 0 Å². The highest BCUT2D eigenvalue weighted by Crippen LogP contribution is 2.22. The summed E-state index contributed by atoms with van der Waals surface area (Å²) in [6.45, 7) is 2.18. The molecule has 1 amide bonds. The predicted octanol–water partition coefficient (Wildman–Crippen LogP) is 7.90. The third-order valence-electron chi connectivity index (χ3n) is 7.36. The fourth-order valence-corrected chi connectivity index (χ4v) is 6.18. The third kappa shape index (κ3) is 16.2. The number of benzene rings is 1. The minimum Gasteiger partial charge on any atom is -0.481 e. The Morgan fingerprint density at radius 3 is 2.13 bits per heavy atom. The standard InChI is InChI=1S/C20H29NO3S.C12H23N/c1-2-3-4-5-6-7-11-14-19(22)21-17(15-20(23)24)16-25-18-12-9-8-10-13-18;1-3-7-11(8-4-1)13-12-9-5-2-6-10-12/h7-13,17H,2-6,14-16H2,1H3,(H,21,22)(H,23,24);11-13H,1-10H2/b11-7+;/t17-;/m0./s1. The number of rotatable bonds is 15. The van der Waals surface area contributed by atoms with Crippen LogP contribution in [0.3, 0.4) is 0 Å². The molecule has 1 aromatic carbocycles. The summed E-state index contributed by atoms with van der Waals surface area (Å²) in [6.07, 6.45) is 24.6. The first-order valence-electron chi connectivity index (χ1n) is 15.2. The van der Waals surface area contributed by atoms with Gasteiger partial charge in [-0.2, -0.15) is 0 Å². The van der Waals surface area contributed by atoms with Gasteiger partial charge in [-0.15, -0.1) is 11.8 Å². The van der Waals surface area contributed by atoms with Crippen LogP contribution in [0.4, 0.5) is 0 Å². The second-order valence-corrected chi connectivity index (χ2v) is 11.9. The van der Waals surface area contributed by atoms with Crippen molar-refractivity contribution in [1.29, 1.82) is 0 Å². The molecule has 0 spiro atoms. The van der Waals surface area contributed by atoms with E-state index in [1.54, 1.807) is 11.8 Å². The molecule has 3 N–H and O–H groups in total. The highest BCUT2D eigenvalue weighted by molar-refractivity contribution is 7.99. The molecule has 1 aromatic rings. The fraction of sp³-hybridized carbons (Fsp3) is 0.688. The highest BCUT2D eigenvalue weighted by atomic mass is 32.2. The van der Waals surface area contributed by atoms with Crippen LogP contribution < -0.4 is 10.6 Å². The molecule has 2 aliphatic rings. The summed E-state index contributed by atoms with van der Waals surface area (Å²) in [5, 5.41) is 15.7. The fourth-order valence-electron chi connectivity index (χ4n) is 5.23. The highest BCUT2D eigenvalue weighted by Gasteiger charge is 2.19. The Morgan fingerprint density at radius 1 is 0.921 bits per heavy atom.